The second-order valence-corrected chi connectivity index (χ2v) is 8.24. The van der Waals surface area contributed by atoms with Crippen LogP contribution in [0.1, 0.15) is 35.2 Å². The molecular weight excluding hydrogens is 463 g/mol. The van der Waals surface area contributed by atoms with Gasteiger partial charge < -0.3 is 9.47 Å². The molecule has 9 nitrogen and oxygen atoms in total. The Bertz CT molecular complexity index is 1580. The number of nitrogens with zero attached hydrogens (tertiary/aromatic N) is 7. The van der Waals surface area contributed by atoms with Crippen LogP contribution in [0.3, 0.4) is 0 Å². The number of ether oxygens (including phenoxy) is 2. The van der Waals surface area contributed by atoms with E-state index in [9.17, 15) is 13.2 Å². The highest BCUT2D eigenvalue weighted by molar-refractivity contribution is 5.68. The first kappa shape index (κ1) is 21.3. The largest absolute Gasteiger partial charge is 0.480 e. The van der Waals surface area contributed by atoms with E-state index in [1.807, 2.05) is 6.07 Å². The Morgan fingerprint density at radius 2 is 1.86 bits per heavy atom. The number of aromatic nitrogens is 7. The van der Waals surface area contributed by atoms with Gasteiger partial charge in [0.2, 0.25) is 11.7 Å². The minimum Gasteiger partial charge on any atom is -0.480 e. The third-order valence-corrected chi connectivity index (χ3v) is 6.20. The smallest absolute Gasteiger partial charge is 0.450 e. The summed E-state index contributed by atoms with van der Waals surface area (Å²) < 4.78 is 52.8. The number of alkyl halides is 3. The van der Waals surface area contributed by atoms with Crippen LogP contribution in [0.25, 0.3) is 22.4 Å². The van der Waals surface area contributed by atoms with Crippen molar-refractivity contribution >= 4 is 11.2 Å². The van der Waals surface area contributed by atoms with E-state index >= 15 is 0 Å². The third-order valence-electron chi connectivity index (χ3n) is 6.20. The summed E-state index contributed by atoms with van der Waals surface area (Å²) in [4.78, 5) is 16.5. The molecule has 0 bridgehead atoms. The lowest BCUT2D eigenvalue weighted by atomic mass is 10.0. The van der Waals surface area contributed by atoms with Gasteiger partial charge in [-0.25, -0.2) is 19.5 Å². The molecule has 0 radical (unpaired) electrons. The monoisotopic (exact) mass is 481 g/mol. The molecule has 5 aromatic rings. The lowest BCUT2D eigenvalue weighted by Crippen LogP contribution is -2.10. The molecule has 12 heteroatoms. The van der Waals surface area contributed by atoms with Gasteiger partial charge in [-0.1, -0.05) is 0 Å². The summed E-state index contributed by atoms with van der Waals surface area (Å²) in [6.07, 6.45) is 4.02. The summed E-state index contributed by atoms with van der Waals surface area (Å²) in [6, 6.07) is 5.61. The molecule has 1 aliphatic rings. The lowest BCUT2D eigenvalue weighted by molar-refractivity contribution is -0.145. The molecular formula is C23H18F3N7O2. The number of hydrogen-bond donors (Lipinski definition) is 0. The summed E-state index contributed by atoms with van der Waals surface area (Å²) in [5.74, 6) is -0.345. The Morgan fingerprint density at radius 1 is 1.00 bits per heavy atom. The van der Waals surface area contributed by atoms with Gasteiger partial charge in [0.1, 0.15) is 0 Å². The molecule has 5 aromatic heterocycles. The quantitative estimate of drug-likeness (QED) is 0.373. The Labute approximate surface area is 196 Å². The maximum absolute atomic E-state index is 13.2. The first-order valence-corrected chi connectivity index (χ1v) is 10.7. The average Bonchev–Trinajstić information content (AvgIpc) is 3.29. The van der Waals surface area contributed by atoms with Gasteiger partial charge in [-0.05, 0) is 42.0 Å². The highest BCUT2D eigenvalue weighted by Crippen LogP contribution is 2.56. The van der Waals surface area contributed by atoms with Crippen LogP contribution in [-0.4, -0.2) is 48.2 Å². The SMILES string of the molecule is COc1ncc(-c2cc([C@H]3C[C@@H]3c3ccn4c(C(F)(F)F)ncc4c3)c3nccn3n2)c(OC)n1. The molecule has 0 N–H and O–H groups in total. The van der Waals surface area contributed by atoms with Crippen LogP contribution in [0.4, 0.5) is 13.2 Å². The van der Waals surface area contributed by atoms with Crippen LogP contribution in [0, 0.1) is 0 Å². The van der Waals surface area contributed by atoms with E-state index in [2.05, 4.69) is 25.0 Å². The highest BCUT2D eigenvalue weighted by atomic mass is 19.4. The molecule has 0 unspecified atom stereocenters. The van der Waals surface area contributed by atoms with Gasteiger partial charge in [0.05, 0.1) is 37.2 Å². The molecule has 1 aliphatic carbocycles. The summed E-state index contributed by atoms with van der Waals surface area (Å²) in [5, 5.41) is 4.64. The van der Waals surface area contributed by atoms with E-state index < -0.39 is 12.0 Å². The van der Waals surface area contributed by atoms with E-state index in [1.165, 1.54) is 26.6 Å². The molecule has 0 spiro atoms. The van der Waals surface area contributed by atoms with Crippen molar-refractivity contribution in [2.24, 2.45) is 0 Å². The number of pyridine rings is 1. The number of fused-ring (bicyclic) bond motifs is 2. The number of methoxy groups -OCH3 is 2. The Balaban J connectivity index is 1.38. The van der Waals surface area contributed by atoms with Crippen LogP contribution < -0.4 is 9.47 Å². The maximum atomic E-state index is 13.2. The van der Waals surface area contributed by atoms with Crippen molar-refractivity contribution in [3.8, 4) is 23.1 Å². The van der Waals surface area contributed by atoms with E-state index in [1.54, 1.807) is 35.2 Å². The maximum Gasteiger partial charge on any atom is 0.450 e. The van der Waals surface area contributed by atoms with Gasteiger partial charge in [-0.15, -0.1) is 0 Å². The number of rotatable bonds is 5. The van der Waals surface area contributed by atoms with Crippen molar-refractivity contribution in [2.75, 3.05) is 14.2 Å². The molecule has 2 atom stereocenters. The normalized spacial score (nSPS) is 17.7. The van der Waals surface area contributed by atoms with Crippen LogP contribution in [0.15, 0.2) is 49.2 Å². The van der Waals surface area contributed by atoms with Crippen LogP contribution in [-0.2, 0) is 6.18 Å². The van der Waals surface area contributed by atoms with Crippen LogP contribution in [0.2, 0.25) is 0 Å². The van der Waals surface area contributed by atoms with Crippen LogP contribution >= 0.6 is 0 Å². The molecule has 0 aliphatic heterocycles. The van der Waals surface area contributed by atoms with Gasteiger partial charge >= 0.3 is 12.2 Å². The van der Waals surface area contributed by atoms with Gasteiger partial charge in [0, 0.05) is 30.4 Å². The van der Waals surface area contributed by atoms with Crippen molar-refractivity contribution in [3.05, 3.63) is 66.1 Å². The fraction of sp³-hybridized carbons (Fsp3) is 0.261. The zero-order valence-corrected chi connectivity index (χ0v) is 18.6. The first-order chi connectivity index (χ1) is 16.9. The van der Waals surface area contributed by atoms with Crippen molar-refractivity contribution in [2.45, 2.75) is 24.4 Å². The Hall–Kier alpha value is -4.22. The molecule has 1 fully saturated rings. The number of hydrogen-bond acceptors (Lipinski definition) is 7. The third kappa shape index (κ3) is 3.52. The molecule has 0 amide bonds. The summed E-state index contributed by atoms with van der Waals surface area (Å²) in [5.41, 5.74) is 4.26. The number of halogens is 3. The average molecular weight is 481 g/mol. The van der Waals surface area contributed by atoms with Gasteiger partial charge in [0.15, 0.2) is 5.65 Å². The lowest BCUT2D eigenvalue weighted by Gasteiger charge is -2.11. The zero-order chi connectivity index (χ0) is 24.3. The van der Waals surface area contributed by atoms with E-state index in [0.717, 1.165) is 27.6 Å². The second kappa shape index (κ2) is 7.65. The second-order valence-electron chi connectivity index (χ2n) is 8.24. The fourth-order valence-corrected chi connectivity index (χ4v) is 4.49. The summed E-state index contributed by atoms with van der Waals surface area (Å²) >= 11 is 0. The minimum absolute atomic E-state index is 0.124. The van der Waals surface area contributed by atoms with Crippen molar-refractivity contribution in [3.63, 3.8) is 0 Å². The standard InChI is InChI=1S/C23H18F3N7O2/c1-34-20-17(11-29-22(30-20)35-2)18-9-16(19-27-4-6-33(19)31-18)15-8-14(15)12-3-5-32-13(7-12)10-28-21(32)23(24,25)26/h3-7,9-11,14-15H,8H2,1-2H3/t14-,15+/m1/s1. The summed E-state index contributed by atoms with van der Waals surface area (Å²) in [7, 11) is 2.98. The topological polar surface area (TPSA) is 91.7 Å². The Morgan fingerprint density at radius 3 is 2.63 bits per heavy atom. The molecule has 6 rings (SSSR count). The molecule has 0 aromatic carbocycles. The van der Waals surface area contributed by atoms with Crippen molar-refractivity contribution in [1.82, 2.24) is 34.0 Å². The van der Waals surface area contributed by atoms with Crippen molar-refractivity contribution < 1.29 is 22.6 Å². The molecule has 35 heavy (non-hydrogen) atoms. The zero-order valence-electron chi connectivity index (χ0n) is 18.6. The molecule has 1 saturated carbocycles. The van der Waals surface area contributed by atoms with Gasteiger partial charge in [-0.2, -0.15) is 23.3 Å². The number of imidazole rings is 2. The highest BCUT2D eigenvalue weighted by Gasteiger charge is 2.42. The van der Waals surface area contributed by atoms with E-state index in [0.29, 0.717) is 22.7 Å². The van der Waals surface area contributed by atoms with Crippen LogP contribution in [0.5, 0.6) is 11.9 Å². The van der Waals surface area contributed by atoms with E-state index in [4.69, 9.17) is 9.47 Å². The van der Waals surface area contributed by atoms with E-state index in [-0.39, 0.29) is 17.8 Å². The predicted molar refractivity (Wildman–Crippen MR) is 117 cm³/mol. The molecule has 5 heterocycles. The molecule has 178 valence electrons. The molecule has 0 saturated heterocycles. The minimum atomic E-state index is -4.51. The fourth-order valence-electron chi connectivity index (χ4n) is 4.49. The predicted octanol–water partition coefficient (Wildman–Crippen LogP) is 4.14. The first-order valence-electron chi connectivity index (χ1n) is 10.7. The summed E-state index contributed by atoms with van der Waals surface area (Å²) in [6.45, 7) is 0. The van der Waals surface area contributed by atoms with Gasteiger partial charge in [0.25, 0.3) is 0 Å². The Kier molecular flexibility index (Phi) is 4.66. The van der Waals surface area contributed by atoms with Gasteiger partial charge in [-0.3, -0.25) is 4.40 Å². The van der Waals surface area contributed by atoms with Crippen molar-refractivity contribution in [1.29, 1.82) is 0 Å².